The molecule has 17 heavy (non-hydrogen) atoms. The first-order chi connectivity index (χ1) is 7.63. The molecule has 0 heterocycles. The van der Waals surface area contributed by atoms with Crippen molar-refractivity contribution in [2.45, 2.75) is 51.9 Å². The number of nitrogens with two attached hydrogens (primary N) is 1. The lowest BCUT2D eigenvalue weighted by molar-refractivity contribution is 0.203. The molecule has 0 fully saturated rings. The summed E-state index contributed by atoms with van der Waals surface area (Å²) in [7, 11) is -1.71. The van der Waals surface area contributed by atoms with Crippen LogP contribution in [0.4, 0.5) is 5.69 Å². The Kier molecular flexibility index (Phi) is 4.05. The molecule has 0 spiro atoms. The third kappa shape index (κ3) is 3.58. The molecule has 0 aliphatic rings. The van der Waals surface area contributed by atoms with Gasteiger partial charge >= 0.3 is 0 Å². The van der Waals surface area contributed by atoms with Crippen LogP contribution < -0.4 is 5.73 Å². The van der Waals surface area contributed by atoms with Crippen molar-refractivity contribution in [1.29, 1.82) is 0 Å². The molecule has 96 valence electrons. The summed E-state index contributed by atoms with van der Waals surface area (Å²) in [6, 6.07) is 7.96. The quantitative estimate of drug-likeness (QED) is 0.640. The molecule has 1 aromatic rings. The largest absolute Gasteiger partial charge is 0.410 e. The fourth-order valence-electron chi connectivity index (χ4n) is 1.50. The van der Waals surface area contributed by atoms with Gasteiger partial charge in [-0.2, -0.15) is 0 Å². The Labute approximate surface area is 106 Å². The fraction of sp³-hybridized carbons (Fsp3) is 0.571. The lowest BCUT2D eigenvalue weighted by Crippen LogP contribution is -2.41. The zero-order valence-corrected chi connectivity index (χ0v) is 12.9. The summed E-state index contributed by atoms with van der Waals surface area (Å²) in [4.78, 5) is 0. The first-order valence-corrected chi connectivity index (χ1v) is 9.07. The first-order valence-electron chi connectivity index (χ1n) is 6.17. The van der Waals surface area contributed by atoms with Crippen LogP contribution in [0, 0.1) is 0 Å². The van der Waals surface area contributed by atoms with E-state index in [4.69, 9.17) is 10.2 Å². The Hall–Kier alpha value is -0.803. The minimum absolute atomic E-state index is 0.111. The van der Waals surface area contributed by atoms with Gasteiger partial charge in [-0.1, -0.05) is 32.9 Å². The summed E-state index contributed by atoms with van der Waals surface area (Å²) in [6.45, 7) is 13.4. The number of benzene rings is 1. The molecule has 1 atom stereocenters. The van der Waals surface area contributed by atoms with Crippen LogP contribution in [0.5, 0.6) is 0 Å². The predicted molar refractivity (Wildman–Crippen MR) is 77.6 cm³/mol. The van der Waals surface area contributed by atoms with Crippen LogP contribution >= 0.6 is 0 Å². The second-order valence-corrected chi connectivity index (χ2v) is 10.9. The number of hydrogen-bond donors (Lipinski definition) is 1. The lowest BCUT2D eigenvalue weighted by Gasteiger charge is -2.38. The predicted octanol–water partition coefficient (Wildman–Crippen LogP) is 4.35. The van der Waals surface area contributed by atoms with E-state index in [-0.39, 0.29) is 11.1 Å². The maximum absolute atomic E-state index is 6.33. The van der Waals surface area contributed by atoms with Crippen molar-refractivity contribution < 1.29 is 4.43 Å². The number of rotatable bonds is 3. The minimum Gasteiger partial charge on any atom is -0.410 e. The van der Waals surface area contributed by atoms with Crippen LogP contribution in [0.15, 0.2) is 24.3 Å². The van der Waals surface area contributed by atoms with E-state index in [9.17, 15) is 0 Å². The van der Waals surface area contributed by atoms with Gasteiger partial charge in [0.25, 0.3) is 0 Å². The lowest BCUT2D eigenvalue weighted by atomic mass is 10.1. The van der Waals surface area contributed by atoms with Crippen molar-refractivity contribution in [3.8, 4) is 0 Å². The summed E-state index contributed by atoms with van der Waals surface area (Å²) in [5.74, 6) is 0. The first kappa shape index (κ1) is 14.3. The average molecular weight is 251 g/mol. The molecule has 0 aromatic heterocycles. The molecule has 0 amide bonds. The van der Waals surface area contributed by atoms with Gasteiger partial charge in [-0.15, -0.1) is 0 Å². The molecule has 0 radical (unpaired) electrons. The highest BCUT2D eigenvalue weighted by atomic mass is 28.4. The van der Waals surface area contributed by atoms with Gasteiger partial charge in [-0.3, -0.25) is 0 Å². The second-order valence-electron chi connectivity index (χ2n) is 6.19. The maximum atomic E-state index is 6.33. The average Bonchev–Trinajstić information content (AvgIpc) is 2.15. The summed E-state index contributed by atoms with van der Waals surface area (Å²) in [6.07, 6.45) is 0.111. The molecule has 0 aliphatic carbocycles. The van der Waals surface area contributed by atoms with Crippen LogP contribution in [0.3, 0.4) is 0 Å². The molecule has 0 unspecified atom stereocenters. The molecule has 3 heteroatoms. The third-order valence-corrected chi connectivity index (χ3v) is 8.21. The Morgan fingerprint density at radius 3 is 2.29 bits per heavy atom. The van der Waals surface area contributed by atoms with E-state index in [1.165, 1.54) is 0 Å². The zero-order chi connectivity index (χ0) is 13.3. The van der Waals surface area contributed by atoms with Crippen molar-refractivity contribution in [3.05, 3.63) is 29.8 Å². The van der Waals surface area contributed by atoms with Crippen LogP contribution in [0.25, 0.3) is 0 Å². The van der Waals surface area contributed by atoms with E-state index in [0.717, 1.165) is 11.3 Å². The molecule has 2 nitrogen and oxygen atoms in total. The normalized spacial score (nSPS) is 14.7. The molecule has 0 bridgehead atoms. The Morgan fingerprint density at radius 2 is 1.82 bits per heavy atom. The van der Waals surface area contributed by atoms with Gasteiger partial charge in [0.15, 0.2) is 8.32 Å². The van der Waals surface area contributed by atoms with E-state index >= 15 is 0 Å². The van der Waals surface area contributed by atoms with Crippen LogP contribution in [-0.4, -0.2) is 8.32 Å². The highest BCUT2D eigenvalue weighted by molar-refractivity contribution is 6.74. The zero-order valence-electron chi connectivity index (χ0n) is 11.9. The van der Waals surface area contributed by atoms with Gasteiger partial charge < -0.3 is 10.2 Å². The SMILES string of the molecule is C[C@H](O[Si](C)(C)C(C)(C)C)c1cccc(N)c1. The number of hydrogen-bond acceptors (Lipinski definition) is 2. The minimum atomic E-state index is -1.71. The van der Waals surface area contributed by atoms with E-state index < -0.39 is 8.32 Å². The molecule has 2 N–H and O–H groups in total. The van der Waals surface area contributed by atoms with Crippen LogP contribution in [-0.2, 0) is 4.43 Å². The van der Waals surface area contributed by atoms with Crippen LogP contribution in [0.2, 0.25) is 18.1 Å². The van der Waals surface area contributed by atoms with E-state index in [2.05, 4.69) is 46.9 Å². The second kappa shape index (κ2) is 4.82. The summed E-state index contributed by atoms with van der Waals surface area (Å²) >= 11 is 0. The van der Waals surface area contributed by atoms with Crippen molar-refractivity contribution >= 4 is 14.0 Å². The maximum Gasteiger partial charge on any atom is 0.192 e. The topological polar surface area (TPSA) is 35.2 Å². The summed E-state index contributed by atoms with van der Waals surface area (Å²) in [5, 5.41) is 0.238. The Morgan fingerprint density at radius 1 is 1.24 bits per heavy atom. The number of anilines is 1. The van der Waals surface area contributed by atoms with Crippen molar-refractivity contribution in [2.24, 2.45) is 0 Å². The standard InChI is InChI=1S/C14H25NOSi/c1-11(12-8-7-9-13(15)10-12)16-17(5,6)14(2,3)4/h7-11H,15H2,1-6H3/t11-/m0/s1. The van der Waals surface area contributed by atoms with Gasteiger partial charge in [0.1, 0.15) is 0 Å². The smallest absolute Gasteiger partial charge is 0.192 e. The summed E-state index contributed by atoms with van der Waals surface area (Å²) in [5.41, 5.74) is 7.76. The van der Waals surface area contributed by atoms with Gasteiger partial charge in [0.05, 0.1) is 6.10 Å². The summed E-state index contributed by atoms with van der Waals surface area (Å²) < 4.78 is 6.33. The molecule has 0 aliphatic heterocycles. The molecule has 0 saturated heterocycles. The molecule has 1 rings (SSSR count). The highest BCUT2D eigenvalue weighted by Crippen LogP contribution is 2.39. The number of nitrogen functional groups attached to an aromatic ring is 1. The van der Waals surface area contributed by atoms with Crippen molar-refractivity contribution in [3.63, 3.8) is 0 Å². The molecular weight excluding hydrogens is 226 g/mol. The van der Waals surface area contributed by atoms with Gasteiger partial charge in [-0.25, -0.2) is 0 Å². The van der Waals surface area contributed by atoms with E-state index in [1.807, 2.05) is 18.2 Å². The van der Waals surface area contributed by atoms with E-state index in [1.54, 1.807) is 0 Å². The van der Waals surface area contributed by atoms with Gasteiger partial charge in [0, 0.05) is 5.69 Å². The highest BCUT2D eigenvalue weighted by Gasteiger charge is 2.38. The molecule has 0 saturated carbocycles. The van der Waals surface area contributed by atoms with E-state index in [0.29, 0.717) is 0 Å². The Balaban J connectivity index is 2.83. The van der Waals surface area contributed by atoms with Crippen molar-refractivity contribution in [1.82, 2.24) is 0 Å². The van der Waals surface area contributed by atoms with Crippen molar-refractivity contribution in [2.75, 3.05) is 5.73 Å². The molecular formula is C14H25NOSi. The van der Waals surface area contributed by atoms with Crippen LogP contribution in [0.1, 0.15) is 39.4 Å². The Bertz CT molecular complexity index is 382. The third-order valence-electron chi connectivity index (χ3n) is 3.66. The van der Waals surface area contributed by atoms with Gasteiger partial charge in [-0.05, 0) is 42.8 Å². The fourth-order valence-corrected chi connectivity index (χ4v) is 2.87. The monoisotopic (exact) mass is 251 g/mol. The molecule has 1 aromatic carbocycles. The van der Waals surface area contributed by atoms with Gasteiger partial charge in [0.2, 0.25) is 0 Å².